The SMILES string of the molecule is CCOc1cc([C@H](N)CC(F)(F)F)ccc1OCc1ccccc1.Cl. The fourth-order valence-electron chi connectivity index (χ4n) is 2.25. The van der Waals surface area contributed by atoms with Crippen molar-refractivity contribution in [2.24, 2.45) is 5.73 Å². The minimum absolute atomic E-state index is 0. The lowest BCUT2D eigenvalue weighted by molar-refractivity contribution is -0.138. The van der Waals surface area contributed by atoms with Crippen LogP contribution in [0.4, 0.5) is 13.2 Å². The molecule has 0 heterocycles. The molecule has 2 rings (SSSR count). The molecule has 25 heavy (non-hydrogen) atoms. The van der Waals surface area contributed by atoms with Crippen molar-refractivity contribution >= 4 is 12.4 Å². The van der Waals surface area contributed by atoms with E-state index in [4.69, 9.17) is 15.2 Å². The van der Waals surface area contributed by atoms with E-state index in [0.29, 0.717) is 30.3 Å². The first-order chi connectivity index (χ1) is 11.4. The Morgan fingerprint density at radius 2 is 1.68 bits per heavy atom. The molecule has 138 valence electrons. The van der Waals surface area contributed by atoms with Crippen LogP contribution in [0.25, 0.3) is 0 Å². The predicted molar refractivity (Wildman–Crippen MR) is 93.2 cm³/mol. The van der Waals surface area contributed by atoms with Crippen molar-refractivity contribution in [3.63, 3.8) is 0 Å². The van der Waals surface area contributed by atoms with Gasteiger partial charge in [0.1, 0.15) is 6.61 Å². The summed E-state index contributed by atoms with van der Waals surface area (Å²) in [5.41, 5.74) is 6.99. The van der Waals surface area contributed by atoms with E-state index in [1.54, 1.807) is 19.1 Å². The summed E-state index contributed by atoms with van der Waals surface area (Å²) in [6.07, 6.45) is -5.39. The molecule has 0 aliphatic carbocycles. The van der Waals surface area contributed by atoms with Gasteiger partial charge in [-0.2, -0.15) is 13.2 Å². The van der Waals surface area contributed by atoms with Crippen molar-refractivity contribution in [2.75, 3.05) is 6.61 Å². The monoisotopic (exact) mass is 375 g/mol. The van der Waals surface area contributed by atoms with Gasteiger partial charge in [0.25, 0.3) is 0 Å². The van der Waals surface area contributed by atoms with Gasteiger partial charge in [0, 0.05) is 6.04 Å². The number of alkyl halides is 3. The van der Waals surface area contributed by atoms with Gasteiger partial charge in [-0.1, -0.05) is 36.4 Å². The molecule has 2 aromatic rings. The molecule has 0 fully saturated rings. The molecule has 2 N–H and O–H groups in total. The Bertz CT molecular complexity index is 651. The molecule has 7 heteroatoms. The third-order valence-electron chi connectivity index (χ3n) is 3.38. The van der Waals surface area contributed by atoms with E-state index in [1.165, 1.54) is 6.07 Å². The van der Waals surface area contributed by atoms with Gasteiger partial charge in [0.15, 0.2) is 11.5 Å². The molecule has 2 aromatic carbocycles. The largest absolute Gasteiger partial charge is 0.490 e. The minimum atomic E-state index is -4.31. The summed E-state index contributed by atoms with van der Waals surface area (Å²) in [6.45, 7) is 2.51. The zero-order valence-electron chi connectivity index (χ0n) is 13.8. The maximum absolute atomic E-state index is 12.5. The van der Waals surface area contributed by atoms with Gasteiger partial charge in [-0.05, 0) is 30.2 Å². The average molecular weight is 376 g/mol. The smallest absolute Gasteiger partial charge is 0.390 e. The Labute approximate surface area is 151 Å². The molecule has 0 amide bonds. The van der Waals surface area contributed by atoms with Crippen molar-refractivity contribution in [1.29, 1.82) is 0 Å². The van der Waals surface area contributed by atoms with Crippen LogP contribution < -0.4 is 15.2 Å². The summed E-state index contributed by atoms with van der Waals surface area (Å²) in [4.78, 5) is 0. The second-order valence-corrected chi connectivity index (χ2v) is 5.34. The molecule has 0 bridgehead atoms. The van der Waals surface area contributed by atoms with Crippen LogP contribution in [0.2, 0.25) is 0 Å². The molecule has 0 saturated carbocycles. The van der Waals surface area contributed by atoms with Crippen LogP contribution >= 0.6 is 12.4 Å². The van der Waals surface area contributed by atoms with Crippen LogP contribution in [-0.4, -0.2) is 12.8 Å². The van der Waals surface area contributed by atoms with Gasteiger partial charge in [-0.3, -0.25) is 0 Å². The molecule has 0 aliphatic rings. The highest BCUT2D eigenvalue weighted by Crippen LogP contribution is 2.34. The number of halogens is 4. The number of hydrogen-bond donors (Lipinski definition) is 1. The Kier molecular flexibility index (Phi) is 8.06. The first kappa shape index (κ1) is 21.1. The summed E-state index contributed by atoms with van der Waals surface area (Å²) in [7, 11) is 0. The zero-order valence-corrected chi connectivity index (χ0v) is 14.6. The molecule has 0 aliphatic heterocycles. The van der Waals surface area contributed by atoms with Crippen molar-refractivity contribution in [3.05, 3.63) is 59.7 Å². The van der Waals surface area contributed by atoms with Crippen LogP contribution in [0.3, 0.4) is 0 Å². The van der Waals surface area contributed by atoms with E-state index in [2.05, 4.69) is 0 Å². The minimum Gasteiger partial charge on any atom is -0.490 e. The van der Waals surface area contributed by atoms with Crippen molar-refractivity contribution in [1.82, 2.24) is 0 Å². The van der Waals surface area contributed by atoms with Crippen LogP contribution in [0.15, 0.2) is 48.5 Å². The maximum atomic E-state index is 12.5. The van der Waals surface area contributed by atoms with Gasteiger partial charge < -0.3 is 15.2 Å². The van der Waals surface area contributed by atoms with Crippen molar-refractivity contribution < 1.29 is 22.6 Å². The summed E-state index contributed by atoms with van der Waals surface area (Å²) in [5.74, 6) is 0.868. The van der Waals surface area contributed by atoms with Gasteiger partial charge in [-0.25, -0.2) is 0 Å². The molecular weight excluding hydrogens is 355 g/mol. The van der Waals surface area contributed by atoms with Crippen molar-refractivity contribution in [3.8, 4) is 11.5 Å². The van der Waals surface area contributed by atoms with E-state index < -0.39 is 18.6 Å². The first-order valence-electron chi connectivity index (χ1n) is 7.65. The van der Waals surface area contributed by atoms with Crippen LogP contribution in [0.5, 0.6) is 11.5 Å². The molecule has 0 aromatic heterocycles. The molecule has 0 unspecified atom stereocenters. The summed E-state index contributed by atoms with van der Waals surface area (Å²) in [5, 5.41) is 0. The molecule has 0 radical (unpaired) electrons. The Morgan fingerprint density at radius 1 is 1.00 bits per heavy atom. The summed E-state index contributed by atoms with van der Waals surface area (Å²) in [6, 6.07) is 13.1. The van der Waals surface area contributed by atoms with Crippen LogP contribution in [-0.2, 0) is 6.61 Å². The topological polar surface area (TPSA) is 44.5 Å². The lowest BCUT2D eigenvalue weighted by atomic mass is 10.0. The summed E-state index contributed by atoms with van der Waals surface area (Å²) < 4.78 is 48.7. The first-order valence-corrected chi connectivity index (χ1v) is 7.65. The molecule has 0 spiro atoms. The highest BCUT2D eigenvalue weighted by atomic mass is 35.5. The lowest BCUT2D eigenvalue weighted by Gasteiger charge is -2.18. The van der Waals surface area contributed by atoms with E-state index in [1.807, 2.05) is 30.3 Å². The Balaban J connectivity index is 0.00000312. The van der Waals surface area contributed by atoms with E-state index in [-0.39, 0.29) is 12.4 Å². The Hall–Kier alpha value is -1.92. The quantitative estimate of drug-likeness (QED) is 0.737. The second kappa shape index (κ2) is 9.53. The number of rotatable bonds is 7. The maximum Gasteiger partial charge on any atom is 0.390 e. The van der Waals surface area contributed by atoms with E-state index in [9.17, 15) is 13.2 Å². The molecular formula is C18H21ClF3NO2. The standard InChI is InChI=1S/C18H20F3NO2.ClH/c1-2-23-17-10-14(15(22)11-18(19,20)21)8-9-16(17)24-12-13-6-4-3-5-7-13;/h3-10,15H,2,11-12,22H2,1H3;1H/t15-;/m1./s1. The van der Waals surface area contributed by atoms with Gasteiger partial charge in [-0.15, -0.1) is 12.4 Å². The second-order valence-electron chi connectivity index (χ2n) is 5.34. The number of hydrogen-bond acceptors (Lipinski definition) is 3. The van der Waals surface area contributed by atoms with Crippen LogP contribution in [0.1, 0.15) is 30.5 Å². The number of nitrogens with two attached hydrogens (primary N) is 1. The fraction of sp³-hybridized carbons (Fsp3) is 0.333. The third kappa shape index (κ3) is 6.84. The van der Waals surface area contributed by atoms with Gasteiger partial charge >= 0.3 is 6.18 Å². The number of benzene rings is 2. The van der Waals surface area contributed by atoms with E-state index in [0.717, 1.165) is 5.56 Å². The van der Waals surface area contributed by atoms with Crippen molar-refractivity contribution in [2.45, 2.75) is 32.2 Å². The molecule has 0 saturated heterocycles. The predicted octanol–water partition coefficient (Wildman–Crippen LogP) is 5.04. The Morgan fingerprint density at radius 3 is 2.28 bits per heavy atom. The zero-order chi connectivity index (χ0) is 17.6. The molecule has 1 atom stereocenters. The summed E-state index contributed by atoms with van der Waals surface area (Å²) >= 11 is 0. The normalized spacial score (nSPS) is 12.2. The lowest BCUT2D eigenvalue weighted by Crippen LogP contribution is -2.20. The third-order valence-corrected chi connectivity index (χ3v) is 3.38. The molecule has 3 nitrogen and oxygen atoms in total. The fourth-order valence-corrected chi connectivity index (χ4v) is 2.25. The average Bonchev–Trinajstić information content (AvgIpc) is 2.53. The van der Waals surface area contributed by atoms with Gasteiger partial charge in [0.2, 0.25) is 0 Å². The van der Waals surface area contributed by atoms with Crippen LogP contribution in [0, 0.1) is 0 Å². The van der Waals surface area contributed by atoms with E-state index >= 15 is 0 Å². The number of ether oxygens (including phenoxy) is 2. The van der Waals surface area contributed by atoms with Gasteiger partial charge in [0.05, 0.1) is 13.0 Å². The highest BCUT2D eigenvalue weighted by Gasteiger charge is 2.31. The highest BCUT2D eigenvalue weighted by molar-refractivity contribution is 5.85.